The standard InChI is InChI=1S/C14H21NO4S/c1-5-14(3,4)9-15-20(18,19)12-8-6-7-11(10(12)2)13(16)17/h6-8,15H,5,9H2,1-4H3,(H,16,17). The fourth-order valence-electron chi connectivity index (χ4n) is 1.63. The molecule has 0 aromatic heterocycles. The van der Waals surface area contributed by atoms with Gasteiger partial charge in [0, 0.05) is 6.54 Å². The van der Waals surface area contributed by atoms with Gasteiger partial charge in [-0.15, -0.1) is 0 Å². The summed E-state index contributed by atoms with van der Waals surface area (Å²) in [5, 5.41) is 9.04. The topological polar surface area (TPSA) is 83.5 Å². The highest BCUT2D eigenvalue weighted by atomic mass is 32.2. The van der Waals surface area contributed by atoms with Gasteiger partial charge in [0.25, 0.3) is 0 Å². The van der Waals surface area contributed by atoms with Crippen LogP contribution in [0.15, 0.2) is 23.1 Å². The molecule has 0 heterocycles. The van der Waals surface area contributed by atoms with E-state index in [1.807, 2.05) is 20.8 Å². The number of carboxylic acid groups (broad SMARTS) is 1. The molecule has 0 aliphatic carbocycles. The average molecular weight is 299 g/mol. The summed E-state index contributed by atoms with van der Waals surface area (Å²) in [5.74, 6) is -1.13. The number of hydrogen-bond donors (Lipinski definition) is 2. The Hall–Kier alpha value is -1.40. The zero-order valence-corrected chi connectivity index (χ0v) is 13.0. The number of nitrogens with one attached hydrogen (secondary N) is 1. The first-order valence-corrected chi connectivity index (χ1v) is 7.91. The summed E-state index contributed by atoms with van der Waals surface area (Å²) in [6, 6.07) is 4.26. The highest BCUT2D eigenvalue weighted by Gasteiger charge is 2.23. The number of carboxylic acids is 1. The number of rotatable bonds is 6. The van der Waals surface area contributed by atoms with Gasteiger partial charge in [0.2, 0.25) is 10.0 Å². The summed E-state index contributed by atoms with van der Waals surface area (Å²) in [4.78, 5) is 11.1. The van der Waals surface area contributed by atoms with Crippen molar-refractivity contribution < 1.29 is 18.3 Å². The lowest BCUT2D eigenvalue weighted by Crippen LogP contribution is -2.34. The molecule has 1 aromatic carbocycles. The number of hydrogen-bond acceptors (Lipinski definition) is 3. The molecule has 0 aliphatic rings. The Balaban J connectivity index is 3.11. The molecule has 0 radical (unpaired) electrons. The van der Waals surface area contributed by atoms with Gasteiger partial charge in [0.15, 0.2) is 0 Å². The Labute approximate surface area is 120 Å². The molecule has 0 unspecified atom stereocenters. The third kappa shape index (κ3) is 3.80. The van der Waals surface area contributed by atoms with Crippen molar-refractivity contribution >= 4 is 16.0 Å². The number of aromatic carboxylic acids is 1. The molecule has 0 spiro atoms. The molecule has 0 atom stereocenters. The van der Waals surface area contributed by atoms with Crippen molar-refractivity contribution in [1.29, 1.82) is 0 Å². The first kappa shape index (κ1) is 16.7. The number of benzene rings is 1. The zero-order valence-electron chi connectivity index (χ0n) is 12.2. The van der Waals surface area contributed by atoms with Crippen LogP contribution in [0.5, 0.6) is 0 Å². The molecular formula is C14H21NO4S. The largest absolute Gasteiger partial charge is 0.478 e. The molecule has 0 saturated carbocycles. The molecule has 1 rings (SSSR count). The van der Waals surface area contributed by atoms with Gasteiger partial charge in [-0.1, -0.05) is 26.8 Å². The van der Waals surface area contributed by atoms with Crippen molar-refractivity contribution in [3.05, 3.63) is 29.3 Å². The highest BCUT2D eigenvalue weighted by molar-refractivity contribution is 7.89. The van der Waals surface area contributed by atoms with Gasteiger partial charge in [-0.05, 0) is 36.5 Å². The maximum atomic E-state index is 12.3. The van der Waals surface area contributed by atoms with Crippen molar-refractivity contribution in [1.82, 2.24) is 4.72 Å². The Morgan fingerprint density at radius 2 is 1.95 bits per heavy atom. The zero-order chi connectivity index (χ0) is 15.6. The van der Waals surface area contributed by atoms with E-state index in [1.54, 1.807) is 0 Å². The third-order valence-corrected chi connectivity index (χ3v) is 5.05. The smallest absolute Gasteiger partial charge is 0.335 e. The minimum absolute atomic E-state index is 0.00243. The van der Waals surface area contributed by atoms with Gasteiger partial charge in [-0.2, -0.15) is 0 Å². The summed E-state index contributed by atoms with van der Waals surface area (Å²) in [6.45, 7) is 7.74. The summed E-state index contributed by atoms with van der Waals surface area (Å²) in [5.41, 5.74) is 0.107. The minimum Gasteiger partial charge on any atom is -0.478 e. The first-order valence-electron chi connectivity index (χ1n) is 6.43. The fourth-order valence-corrected chi connectivity index (χ4v) is 3.14. The van der Waals surface area contributed by atoms with Crippen LogP contribution < -0.4 is 4.72 Å². The molecule has 1 aromatic rings. The van der Waals surface area contributed by atoms with Gasteiger partial charge in [-0.25, -0.2) is 17.9 Å². The van der Waals surface area contributed by atoms with E-state index in [9.17, 15) is 13.2 Å². The molecule has 2 N–H and O–H groups in total. The fraction of sp³-hybridized carbons (Fsp3) is 0.500. The molecule has 6 heteroatoms. The van der Waals surface area contributed by atoms with Crippen LogP contribution in [0.2, 0.25) is 0 Å². The highest BCUT2D eigenvalue weighted by Crippen LogP contribution is 2.22. The van der Waals surface area contributed by atoms with Gasteiger partial charge in [-0.3, -0.25) is 0 Å². The maximum absolute atomic E-state index is 12.3. The van der Waals surface area contributed by atoms with Crippen LogP contribution in [0.25, 0.3) is 0 Å². The number of sulfonamides is 1. The lowest BCUT2D eigenvalue weighted by Gasteiger charge is -2.23. The second-order valence-electron chi connectivity index (χ2n) is 5.58. The molecule has 0 saturated heterocycles. The summed E-state index contributed by atoms with van der Waals surface area (Å²) >= 11 is 0. The lowest BCUT2D eigenvalue weighted by molar-refractivity contribution is 0.0696. The van der Waals surface area contributed by atoms with E-state index in [4.69, 9.17) is 5.11 Å². The van der Waals surface area contributed by atoms with Crippen LogP contribution in [0.4, 0.5) is 0 Å². The van der Waals surface area contributed by atoms with Gasteiger partial charge in [0.1, 0.15) is 0 Å². The second-order valence-corrected chi connectivity index (χ2v) is 7.31. The Kier molecular flexibility index (Phi) is 4.94. The van der Waals surface area contributed by atoms with Gasteiger partial charge in [0.05, 0.1) is 10.5 Å². The Morgan fingerprint density at radius 1 is 1.35 bits per heavy atom. The normalized spacial score (nSPS) is 12.4. The quantitative estimate of drug-likeness (QED) is 0.845. The van der Waals surface area contributed by atoms with Crippen LogP contribution in [-0.2, 0) is 10.0 Å². The SMILES string of the molecule is CCC(C)(C)CNS(=O)(=O)c1cccc(C(=O)O)c1C. The van der Waals surface area contributed by atoms with E-state index in [2.05, 4.69) is 4.72 Å². The van der Waals surface area contributed by atoms with Crippen LogP contribution in [-0.4, -0.2) is 26.0 Å². The molecule has 20 heavy (non-hydrogen) atoms. The predicted molar refractivity (Wildman–Crippen MR) is 77.4 cm³/mol. The van der Waals surface area contributed by atoms with Crippen molar-refractivity contribution in [2.45, 2.75) is 39.0 Å². The molecule has 5 nitrogen and oxygen atoms in total. The van der Waals surface area contributed by atoms with Crippen LogP contribution in [0.3, 0.4) is 0 Å². The molecule has 112 valence electrons. The van der Waals surface area contributed by atoms with Gasteiger partial charge >= 0.3 is 5.97 Å². The summed E-state index contributed by atoms with van der Waals surface area (Å²) < 4.78 is 27.1. The van der Waals surface area contributed by atoms with Crippen LogP contribution in [0, 0.1) is 12.3 Å². The van der Waals surface area contributed by atoms with E-state index >= 15 is 0 Å². The van der Waals surface area contributed by atoms with E-state index in [0.29, 0.717) is 6.54 Å². The third-order valence-electron chi connectivity index (χ3n) is 3.50. The van der Waals surface area contributed by atoms with E-state index in [-0.39, 0.29) is 21.4 Å². The predicted octanol–water partition coefficient (Wildman–Crippen LogP) is 2.41. The second kappa shape index (κ2) is 5.93. The van der Waals surface area contributed by atoms with Crippen molar-refractivity contribution in [3.63, 3.8) is 0 Å². The van der Waals surface area contributed by atoms with E-state index in [1.165, 1.54) is 25.1 Å². The molecule has 0 fully saturated rings. The van der Waals surface area contributed by atoms with Crippen molar-refractivity contribution in [2.24, 2.45) is 5.41 Å². The van der Waals surface area contributed by atoms with Crippen LogP contribution in [0.1, 0.15) is 43.1 Å². The first-order chi connectivity index (χ1) is 9.10. The Bertz CT molecular complexity index is 606. The van der Waals surface area contributed by atoms with Crippen molar-refractivity contribution in [3.8, 4) is 0 Å². The summed E-state index contributed by atoms with van der Waals surface area (Å²) in [6.07, 6.45) is 0.837. The number of carbonyl (C=O) groups is 1. The molecule has 0 aliphatic heterocycles. The van der Waals surface area contributed by atoms with E-state index < -0.39 is 16.0 Å². The van der Waals surface area contributed by atoms with Gasteiger partial charge < -0.3 is 5.11 Å². The van der Waals surface area contributed by atoms with Crippen molar-refractivity contribution in [2.75, 3.05) is 6.54 Å². The molecular weight excluding hydrogens is 278 g/mol. The molecule has 0 bridgehead atoms. The Morgan fingerprint density at radius 3 is 2.45 bits per heavy atom. The minimum atomic E-state index is -3.70. The summed E-state index contributed by atoms with van der Waals surface area (Å²) in [7, 11) is -3.70. The van der Waals surface area contributed by atoms with Crippen LogP contribution >= 0.6 is 0 Å². The molecule has 0 amide bonds. The average Bonchev–Trinajstić information content (AvgIpc) is 2.36. The van der Waals surface area contributed by atoms with E-state index in [0.717, 1.165) is 6.42 Å². The lowest BCUT2D eigenvalue weighted by atomic mass is 9.91. The maximum Gasteiger partial charge on any atom is 0.335 e. The monoisotopic (exact) mass is 299 g/mol.